The second-order valence-corrected chi connectivity index (χ2v) is 8.02. The Kier molecular flexibility index (Phi) is 2.68. The number of carbonyl (C=O) groups excluding carboxylic acids is 2. The molecule has 2 saturated carbocycles. The van der Waals surface area contributed by atoms with Crippen molar-refractivity contribution in [3.8, 4) is 0 Å². The third kappa shape index (κ3) is 1.59. The summed E-state index contributed by atoms with van der Waals surface area (Å²) in [5.74, 6) is 1.66. The molecule has 0 aromatic rings. The maximum absolute atomic E-state index is 13.0. The Balaban J connectivity index is 1.80. The van der Waals surface area contributed by atoms with Crippen LogP contribution in [0, 0.1) is 28.6 Å². The Bertz CT molecular complexity index is 584. The van der Waals surface area contributed by atoms with Gasteiger partial charge in [-0.3, -0.25) is 9.59 Å². The fraction of sp³-hybridized carbons (Fsp3) is 0.684. The van der Waals surface area contributed by atoms with Crippen molar-refractivity contribution in [2.45, 2.75) is 52.4 Å². The number of hydrogen-bond donors (Lipinski definition) is 0. The zero-order chi connectivity index (χ0) is 14.8. The normalized spacial score (nSPS) is 48.5. The van der Waals surface area contributed by atoms with Gasteiger partial charge in [-0.25, -0.2) is 0 Å². The summed E-state index contributed by atoms with van der Waals surface area (Å²) >= 11 is 0. The lowest BCUT2D eigenvalue weighted by Gasteiger charge is -2.54. The molecule has 21 heavy (non-hydrogen) atoms. The van der Waals surface area contributed by atoms with Crippen LogP contribution in [0.25, 0.3) is 0 Å². The van der Waals surface area contributed by atoms with Crippen molar-refractivity contribution in [1.29, 1.82) is 0 Å². The van der Waals surface area contributed by atoms with Crippen molar-refractivity contribution in [2.75, 3.05) is 0 Å². The molecule has 2 fully saturated rings. The van der Waals surface area contributed by atoms with E-state index in [0.717, 1.165) is 25.7 Å². The monoisotopic (exact) mass is 284 g/mol. The van der Waals surface area contributed by atoms with Crippen LogP contribution in [0.5, 0.6) is 0 Å². The van der Waals surface area contributed by atoms with Crippen LogP contribution >= 0.6 is 0 Å². The highest BCUT2D eigenvalue weighted by Gasteiger charge is 2.61. The van der Waals surface area contributed by atoms with E-state index in [9.17, 15) is 9.59 Å². The highest BCUT2D eigenvalue weighted by atomic mass is 16.1. The van der Waals surface area contributed by atoms with E-state index in [2.05, 4.69) is 32.1 Å². The van der Waals surface area contributed by atoms with Gasteiger partial charge in [0, 0.05) is 29.6 Å². The predicted octanol–water partition coefficient (Wildman–Crippen LogP) is 3.86. The first-order chi connectivity index (χ1) is 9.97. The van der Waals surface area contributed by atoms with Crippen molar-refractivity contribution in [1.82, 2.24) is 0 Å². The van der Waals surface area contributed by atoms with Gasteiger partial charge in [-0.05, 0) is 43.1 Å². The Labute approximate surface area is 126 Å². The minimum Gasteiger partial charge on any atom is -0.299 e. The van der Waals surface area contributed by atoms with Gasteiger partial charge < -0.3 is 0 Å². The maximum atomic E-state index is 13.0. The SMILES string of the molecule is C[C@]12CCC=CC1=CC[C@@H]1[C@@H]2C(=O)C[C@]2(C)C(=O)CC[C@@H]12. The van der Waals surface area contributed by atoms with Gasteiger partial charge in [0.05, 0.1) is 0 Å². The zero-order valence-electron chi connectivity index (χ0n) is 13.0. The lowest BCUT2D eigenvalue weighted by molar-refractivity contribution is -0.147. The summed E-state index contributed by atoms with van der Waals surface area (Å²) in [4.78, 5) is 25.3. The van der Waals surface area contributed by atoms with Gasteiger partial charge in [0.1, 0.15) is 11.6 Å². The Hall–Kier alpha value is -1.18. The number of Topliss-reactive ketones (excluding diaryl/α,β-unsaturated/α-hetero) is 2. The van der Waals surface area contributed by atoms with Gasteiger partial charge in [0.25, 0.3) is 0 Å². The molecule has 4 rings (SSSR count). The average Bonchev–Trinajstić information content (AvgIpc) is 2.73. The maximum Gasteiger partial charge on any atom is 0.139 e. The Morgan fingerprint density at radius 1 is 1.19 bits per heavy atom. The van der Waals surface area contributed by atoms with Crippen LogP contribution in [-0.2, 0) is 9.59 Å². The molecule has 0 heterocycles. The van der Waals surface area contributed by atoms with E-state index < -0.39 is 0 Å². The molecule has 0 spiro atoms. The molecule has 4 aliphatic rings. The second-order valence-electron chi connectivity index (χ2n) is 8.02. The quantitative estimate of drug-likeness (QED) is 0.677. The van der Waals surface area contributed by atoms with Gasteiger partial charge in [-0.15, -0.1) is 0 Å². The number of fused-ring (bicyclic) bond motifs is 5. The van der Waals surface area contributed by atoms with E-state index in [0.29, 0.717) is 36.2 Å². The van der Waals surface area contributed by atoms with Crippen molar-refractivity contribution < 1.29 is 9.59 Å². The van der Waals surface area contributed by atoms with Crippen LogP contribution in [0.2, 0.25) is 0 Å². The van der Waals surface area contributed by atoms with Crippen LogP contribution in [0.3, 0.4) is 0 Å². The molecule has 112 valence electrons. The third-order valence-corrected chi connectivity index (χ3v) is 7.05. The van der Waals surface area contributed by atoms with Crippen molar-refractivity contribution in [3.05, 3.63) is 23.8 Å². The molecule has 0 amide bonds. The van der Waals surface area contributed by atoms with Crippen molar-refractivity contribution in [3.63, 3.8) is 0 Å². The molecule has 0 saturated heterocycles. The van der Waals surface area contributed by atoms with Crippen LogP contribution in [0.1, 0.15) is 52.4 Å². The average molecular weight is 284 g/mol. The molecule has 2 heteroatoms. The lowest BCUT2D eigenvalue weighted by Crippen LogP contribution is -2.53. The summed E-state index contributed by atoms with van der Waals surface area (Å²) in [7, 11) is 0. The van der Waals surface area contributed by atoms with Gasteiger partial charge in [0.2, 0.25) is 0 Å². The molecular formula is C19H24O2. The Morgan fingerprint density at radius 2 is 2.00 bits per heavy atom. The van der Waals surface area contributed by atoms with E-state index in [1.165, 1.54) is 5.57 Å². The minimum atomic E-state index is -0.357. The summed E-state index contributed by atoms with van der Waals surface area (Å²) in [5, 5.41) is 0. The van der Waals surface area contributed by atoms with E-state index in [1.54, 1.807) is 0 Å². The summed E-state index contributed by atoms with van der Waals surface area (Å²) in [6, 6.07) is 0. The third-order valence-electron chi connectivity index (χ3n) is 7.05. The van der Waals surface area contributed by atoms with Crippen LogP contribution in [0.15, 0.2) is 23.8 Å². The van der Waals surface area contributed by atoms with Crippen LogP contribution in [-0.4, -0.2) is 11.6 Å². The van der Waals surface area contributed by atoms with Crippen molar-refractivity contribution >= 4 is 11.6 Å². The van der Waals surface area contributed by atoms with E-state index >= 15 is 0 Å². The number of ketones is 2. The second kappa shape index (κ2) is 4.18. The first-order valence-corrected chi connectivity index (χ1v) is 8.40. The summed E-state index contributed by atoms with van der Waals surface area (Å²) < 4.78 is 0. The topological polar surface area (TPSA) is 34.1 Å². The minimum absolute atomic E-state index is 0.0156. The molecule has 0 aliphatic heterocycles. The first kappa shape index (κ1) is 13.5. The van der Waals surface area contributed by atoms with Gasteiger partial charge in [-0.1, -0.05) is 32.1 Å². The van der Waals surface area contributed by atoms with Crippen LogP contribution in [0.4, 0.5) is 0 Å². The number of allylic oxidation sites excluding steroid dienone is 4. The summed E-state index contributed by atoms with van der Waals surface area (Å²) in [6.07, 6.45) is 12.2. The van der Waals surface area contributed by atoms with E-state index in [-0.39, 0.29) is 16.7 Å². The molecule has 4 aliphatic carbocycles. The van der Waals surface area contributed by atoms with Crippen molar-refractivity contribution in [2.24, 2.45) is 28.6 Å². The molecule has 0 aromatic carbocycles. The van der Waals surface area contributed by atoms with Gasteiger partial charge >= 0.3 is 0 Å². The molecule has 0 bridgehead atoms. The molecule has 5 atom stereocenters. The van der Waals surface area contributed by atoms with Gasteiger partial charge in [0.15, 0.2) is 0 Å². The first-order valence-electron chi connectivity index (χ1n) is 8.40. The standard InChI is InChI=1S/C19H24O2/c1-18-10-4-3-5-12(18)6-7-13-14-8-9-16(21)19(14,2)11-15(20)17(13)18/h3,5-6,13-14,17H,4,7-11H2,1-2H3/t13-,14-,17+,18-,19-/m0/s1. The number of rotatable bonds is 0. The van der Waals surface area contributed by atoms with E-state index in [4.69, 9.17) is 0 Å². The Morgan fingerprint density at radius 3 is 2.81 bits per heavy atom. The zero-order valence-corrected chi connectivity index (χ0v) is 13.0. The van der Waals surface area contributed by atoms with Crippen LogP contribution < -0.4 is 0 Å². The predicted molar refractivity (Wildman–Crippen MR) is 81.6 cm³/mol. The molecule has 0 aromatic heterocycles. The summed E-state index contributed by atoms with van der Waals surface area (Å²) in [5.41, 5.74) is 1.03. The number of carbonyl (C=O) groups is 2. The molecule has 0 N–H and O–H groups in total. The highest BCUT2D eigenvalue weighted by Crippen LogP contribution is 2.62. The fourth-order valence-electron chi connectivity index (χ4n) is 5.91. The van der Waals surface area contributed by atoms with Gasteiger partial charge in [-0.2, -0.15) is 0 Å². The summed E-state index contributed by atoms with van der Waals surface area (Å²) in [6.45, 7) is 4.35. The number of hydrogen-bond acceptors (Lipinski definition) is 2. The lowest BCUT2D eigenvalue weighted by atomic mass is 9.48. The fourth-order valence-corrected chi connectivity index (χ4v) is 5.91. The molecule has 2 nitrogen and oxygen atoms in total. The molecule has 0 radical (unpaired) electrons. The van der Waals surface area contributed by atoms with E-state index in [1.807, 2.05) is 0 Å². The smallest absolute Gasteiger partial charge is 0.139 e. The molecule has 0 unspecified atom stereocenters. The highest BCUT2D eigenvalue weighted by molar-refractivity contribution is 5.95. The largest absolute Gasteiger partial charge is 0.299 e. The molecular weight excluding hydrogens is 260 g/mol.